The molecule has 0 bridgehead atoms. The average Bonchev–Trinajstić information content (AvgIpc) is 2.74. The van der Waals surface area contributed by atoms with Crippen molar-refractivity contribution in [1.82, 2.24) is 19.8 Å². The molecule has 2 rings (SSSR count). The van der Waals surface area contributed by atoms with Crippen molar-refractivity contribution in [2.75, 3.05) is 12.3 Å². The first kappa shape index (κ1) is 14.8. The Balaban J connectivity index is 2.11. The molecule has 0 saturated carbocycles. The number of aryl methyl sites for hydroxylation is 1. The maximum absolute atomic E-state index is 12.3. The zero-order chi connectivity index (χ0) is 14.8. The zero-order valence-electron chi connectivity index (χ0n) is 11.3. The van der Waals surface area contributed by atoms with Gasteiger partial charge in [-0.25, -0.2) is 13.1 Å². The van der Waals surface area contributed by atoms with Crippen molar-refractivity contribution >= 4 is 21.7 Å². The molecule has 0 aliphatic carbocycles. The van der Waals surface area contributed by atoms with Gasteiger partial charge in [-0.15, -0.1) is 0 Å². The van der Waals surface area contributed by atoms with E-state index in [1.165, 1.54) is 10.9 Å². The molecule has 8 nitrogen and oxygen atoms in total. The number of anilines is 1. The van der Waals surface area contributed by atoms with Gasteiger partial charge in [0.05, 0.1) is 0 Å². The third-order valence-electron chi connectivity index (χ3n) is 3.08. The van der Waals surface area contributed by atoms with Crippen LogP contribution in [-0.2, 0) is 21.4 Å². The number of rotatable bonds is 5. The topological polar surface area (TPSA) is 119 Å². The highest BCUT2D eigenvalue weighted by molar-refractivity contribution is 7.89. The number of nitrogens with zero attached hydrogens (tertiary/aromatic N) is 2. The molecule has 1 aromatic heterocycles. The highest BCUT2D eigenvalue weighted by Gasteiger charge is 2.27. The molecule has 4 N–H and O–H groups in total. The molecule has 112 valence electrons. The van der Waals surface area contributed by atoms with E-state index in [9.17, 15) is 13.2 Å². The standard InChI is InChI=1S/C11H19N5O3S/c1-2-5-16-7-9(11(12)14-16)20(18,19)15-8-3-4-10(17)13-6-8/h7-8,15H,2-6H2,1H3,(H2,12,14)(H,13,17). The molecule has 1 aromatic rings. The first-order chi connectivity index (χ1) is 9.42. The number of carbonyl (C=O) groups excluding carboxylic acids is 1. The van der Waals surface area contributed by atoms with E-state index in [2.05, 4.69) is 15.1 Å². The van der Waals surface area contributed by atoms with E-state index < -0.39 is 10.0 Å². The summed E-state index contributed by atoms with van der Waals surface area (Å²) in [7, 11) is -3.72. The van der Waals surface area contributed by atoms with Crippen LogP contribution in [0.4, 0.5) is 5.82 Å². The lowest BCUT2D eigenvalue weighted by Gasteiger charge is -2.22. The number of piperidine rings is 1. The third-order valence-corrected chi connectivity index (χ3v) is 4.62. The van der Waals surface area contributed by atoms with Crippen molar-refractivity contribution in [2.45, 2.75) is 43.7 Å². The van der Waals surface area contributed by atoms with Crippen molar-refractivity contribution in [1.29, 1.82) is 0 Å². The zero-order valence-corrected chi connectivity index (χ0v) is 12.1. The van der Waals surface area contributed by atoms with Gasteiger partial charge < -0.3 is 11.1 Å². The van der Waals surface area contributed by atoms with Gasteiger partial charge in [0.15, 0.2) is 5.82 Å². The van der Waals surface area contributed by atoms with Gasteiger partial charge in [-0.1, -0.05) is 6.92 Å². The lowest BCUT2D eigenvalue weighted by molar-refractivity contribution is -0.122. The summed E-state index contributed by atoms with van der Waals surface area (Å²) in [5, 5.41) is 6.61. The minimum absolute atomic E-state index is 0.00852. The van der Waals surface area contributed by atoms with Gasteiger partial charge in [-0.2, -0.15) is 5.10 Å². The molecule has 0 radical (unpaired) electrons. The largest absolute Gasteiger partial charge is 0.381 e. The summed E-state index contributed by atoms with van der Waals surface area (Å²) in [6, 6.07) is -0.313. The number of amides is 1. The first-order valence-electron chi connectivity index (χ1n) is 6.54. The van der Waals surface area contributed by atoms with E-state index in [1.807, 2.05) is 6.92 Å². The van der Waals surface area contributed by atoms with Crippen LogP contribution in [0.1, 0.15) is 26.2 Å². The molecule has 1 aliphatic rings. The van der Waals surface area contributed by atoms with E-state index in [-0.39, 0.29) is 22.7 Å². The van der Waals surface area contributed by atoms with Crippen LogP contribution >= 0.6 is 0 Å². The number of nitrogens with two attached hydrogens (primary N) is 1. The average molecular weight is 301 g/mol. The molecular formula is C11H19N5O3S. The smallest absolute Gasteiger partial charge is 0.246 e. The maximum atomic E-state index is 12.3. The molecule has 1 saturated heterocycles. The molecule has 0 spiro atoms. The van der Waals surface area contributed by atoms with Crippen molar-refractivity contribution in [3.63, 3.8) is 0 Å². The predicted octanol–water partition coefficient (Wildman–Crippen LogP) is -0.568. The van der Waals surface area contributed by atoms with Gasteiger partial charge >= 0.3 is 0 Å². The SMILES string of the molecule is CCCn1cc(S(=O)(=O)NC2CCC(=O)NC2)c(N)n1. The van der Waals surface area contributed by atoms with Gasteiger partial charge in [0.25, 0.3) is 0 Å². The number of sulfonamides is 1. The Morgan fingerprint density at radius 2 is 2.35 bits per heavy atom. The molecule has 1 unspecified atom stereocenters. The third kappa shape index (κ3) is 3.28. The number of nitrogens with one attached hydrogen (secondary N) is 2. The second-order valence-electron chi connectivity index (χ2n) is 4.80. The highest BCUT2D eigenvalue weighted by atomic mass is 32.2. The van der Waals surface area contributed by atoms with Crippen LogP contribution in [0.2, 0.25) is 0 Å². The van der Waals surface area contributed by atoms with E-state index in [0.717, 1.165) is 6.42 Å². The fraction of sp³-hybridized carbons (Fsp3) is 0.636. The lowest BCUT2D eigenvalue weighted by Crippen LogP contribution is -2.47. The van der Waals surface area contributed by atoms with Crippen LogP contribution in [0.25, 0.3) is 0 Å². The van der Waals surface area contributed by atoms with E-state index in [0.29, 0.717) is 25.9 Å². The Bertz CT molecular complexity index is 585. The number of hydrogen-bond acceptors (Lipinski definition) is 5. The summed E-state index contributed by atoms with van der Waals surface area (Å²) in [5.74, 6) is -0.0680. The lowest BCUT2D eigenvalue weighted by atomic mass is 10.1. The number of carbonyl (C=O) groups is 1. The minimum Gasteiger partial charge on any atom is -0.381 e. The minimum atomic E-state index is -3.72. The molecule has 1 amide bonds. The van der Waals surface area contributed by atoms with Crippen LogP contribution in [0.5, 0.6) is 0 Å². The number of hydrogen-bond donors (Lipinski definition) is 3. The fourth-order valence-electron chi connectivity index (χ4n) is 2.09. The highest BCUT2D eigenvalue weighted by Crippen LogP contribution is 2.17. The molecule has 1 atom stereocenters. The van der Waals surface area contributed by atoms with Crippen molar-refractivity contribution in [3.8, 4) is 0 Å². The Kier molecular flexibility index (Phi) is 4.29. The van der Waals surface area contributed by atoms with Crippen LogP contribution in [0, 0.1) is 0 Å². The summed E-state index contributed by atoms with van der Waals surface area (Å²) in [4.78, 5) is 11.0. The van der Waals surface area contributed by atoms with Gasteiger partial charge in [-0.05, 0) is 12.8 Å². The fourth-order valence-corrected chi connectivity index (χ4v) is 3.43. The monoisotopic (exact) mass is 301 g/mol. The second kappa shape index (κ2) is 5.80. The quantitative estimate of drug-likeness (QED) is 0.673. The first-order valence-corrected chi connectivity index (χ1v) is 8.02. The Labute approximate surface area is 117 Å². The van der Waals surface area contributed by atoms with Crippen LogP contribution < -0.4 is 15.8 Å². The molecule has 1 fully saturated rings. The summed E-state index contributed by atoms with van der Waals surface area (Å²) in [5.41, 5.74) is 5.66. The number of nitrogen functional groups attached to an aromatic ring is 1. The van der Waals surface area contributed by atoms with E-state index in [1.54, 1.807) is 0 Å². The Morgan fingerprint density at radius 1 is 1.60 bits per heavy atom. The summed E-state index contributed by atoms with van der Waals surface area (Å²) in [6.45, 7) is 2.87. The van der Waals surface area contributed by atoms with Gasteiger partial charge in [0.2, 0.25) is 15.9 Å². The van der Waals surface area contributed by atoms with Crippen molar-refractivity contribution < 1.29 is 13.2 Å². The number of aromatic nitrogens is 2. The molecule has 20 heavy (non-hydrogen) atoms. The second-order valence-corrected chi connectivity index (χ2v) is 6.49. The van der Waals surface area contributed by atoms with E-state index in [4.69, 9.17) is 5.73 Å². The predicted molar refractivity (Wildman–Crippen MR) is 73.3 cm³/mol. The summed E-state index contributed by atoms with van der Waals surface area (Å²) >= 11 is 0. The normalized spacial score (nSPS) is 19.9. The van der Waals surface area contributed by atoms with Crippen molar-refractivity contribution in [2.24, 2.45) is 0 Å². The van der Waals surface area contributed by atoms with Gasteiger partial charge in [-0.3, -0.25) is 9.48 Å². The molecule has 2 heterocycles. The van der Waals surface area contributed by atoms with Gasteiger partial charge in [0, 0.05) is 31.7 Å². The maximum Gasteiger partial charge on any atom is 0.246 e. The van der Waals surface area contributed by atoms with Crippen LogP contribution in [-0.4, -0.2) is 36.7 Å². The van der Waals surface area contributed by atoms with Crippen molar-refractivity contribution in [3.05, 3.63) is 6.20 Å². The summed E-state index contributed by atoms with van der Waals surface area (Å²) < 4.78 is 28.6. The van der Waals surface area contributed by atoms with Crippen LogP contribution in [0.3, 0.4) is 0 Å². The van der Waals surface area contributed by atoms with Crippen LogP contribution in [0.15, 0.2) is 11.1 Å². The van der Waals surface area contributed by atoms with E-state index >= 15 is 0 Å². The summed E-state index contributed by atoms with van der Waals surface area (Å²) in [6.07, 6.45) is 3.07. The molecule has 1 aliphatic heterocycles. The molecule has 9 heteroatoms. The molecular weight excluding hydrogens is 282 g/mol. The Hall–Kier alpha value is -1.61. The Morgan fingerprint density at radius 3 is 2.95 bits per heavy atom. The van der Waals surface area contributed by atoms with Gasteiger partial charge in [0.1, 0.15) is 4.90 Å². The molecule has 0 aromatic carbocycles.